The number of sulfonamides is 1. The second-order valence-corrected chi connectivity index (χ2v) is 7.82. The van der Waals surface area contributed by atoms with Crippen molar-refractivity contribution in [3.05, 3.63) is 72.8 Å². The summed E-state index contributed by atoms with van der Waals surface area (Å²) >= 11 is 0. The molecule has 0 aliphatic carbocycles. The third-order valence-electron chi connectivity index (χ3n) is 3.72. The molecule has 0 atom stereocenters. The Morgan fingerprint density at radius 2 is 1.69 bits per heavy atom. The fourth-order valence-electron chi connectivity index (χ4n) is 2.24. The number of rotatable bonds is 5. The van der Waals surface area contributed by atoms with Crippen molar-refractivity contribution in [3.63, 3.8) is 0 Å². The minimum absolute atomic E-state index is 0.115. The van der Waals surface area contributed by atoms with E-state index in [4.69, 9.17) is 4.74 Å². The topological polar surface area (TPSA) is 81.5 Å². The maximum Gasteiger partial charge on any atom is 0.343 e. The number of esters is 1. The van der Waals surface area contributed by atoms with Crippen LogP contribution in [-0.4, -0.2) is 42.3 Å². The lowest BCUT2D eigenvalue weighted by Gasteiger charge is -2.11. The van der Waals surface area contributed by atoms with E-state index >= 15 is 0 Å². The Balaban J connectivity index is 1.72. The quantitative estimate of drug-likeness (QED) is 0.508. The molecule has 26 heavy (non-hydrogen) atoms. The van der Waals surface area contributed by atoms with Crippen LogP contribution in [0.3, 0.4) is 0 Å². The van der Waals surface area contributed by atoms with Crippen LogP contribution >= 0.6 is 0 Å². The molecule has 0 N–H and O–H groups in total. The van der Waals surface area contributed by atoms with Crippen molar-refractivity contribution in [2.24, 2.45) is 0 Å². The van der Waals surface area contributed by atoms with Gasteiger partial charge in [-0.2, -0.15) is 0 Å². The van der Waals surface area contributed by atoms with Crippen molar-refractivity contribution < 1.29 is 17.9 Å². The van der Waals surface area contributed by atoms with E-state index in [1.165, 1.54) is 38.4 Å². The molecular weight excluding hydrogens is 354 g/mol. The smallest absolute Gasteiger partial charge is 0.343 e. The highest BCUT2D eigenvalue weighted by molar-refractivity contribution is 7.89. The van der Waals surface area contributed by atoms with Gasteiger partial charge in [-0.1, -0.05) is 0 Å². The summed E-state index contributed by atoms with van der Waals surface area (Å²) in [6.07, 6.45) is 5.16. The van der Waals surface area contributed by atoms with Gasteiger partial charge in [-0.05, 0) is 48.5 Å². The van der Waals surface area contributed by atoms with Crippen LogP contribution < -0.4 is 4.74 Å². The van der Waals surface area contributed by atoms with E-state index < -0.39 is 16.0 Å². The molecule has 0 aliphatic rings. The molecule has 134 valence electrons. The number of carbonyl (C=O) groups is 1. The summed E-state index contributed by atoms with van der Waals surface area (Å²) < 4.78 is 32.3. The third-order valence-corrected chi connectivity index (χ3v) is 5.55. The van der Waals surface area contributed by atoms with Crippen LogP contribution in [0.1, 0.15) is 10.4 Å². The summed E-state index contributed by atoms with van der Waals surface area (Å²) in [4.78, 5) is 16.3. The number of carbonyl (C=O) groups excluding carboxylic acids is 1. The highest BCUT2D eigenvalue weighted by Gasteiger charge is 2.18. The number of hydrogen-bond acceptors (Lipinski definition) is 5. The molecule has 0 unspecified atom stereocenters. The zero-order valence-corrected chi connectivity index (χ0v) is 15.1. The minimum atomic E-state index is -3.53. The zero-order valence-electron chi connectivity index (χ0n) is 14.2. The molecule has 1 aromatic heterocycles. The molecule has 3 aromatic rings. The van der Waals surface area contributed by atoms with Crippen LogP contribution in [0.5, 0.6) is 5.75 Å². The van der Waals surface area contributed by atoms with Gasteiger partial charge in [0.1, 0.15) is 5.75 Å². The molecule has 0 fully saturated rings. The average Bonchev–Trinajstić information content (AvgIpc) is 3.17. The SMILES string of the molecule is CN(C)S(=O)(=O)c1ccc(C(=O)Oc2ccc(-n3ccnc3)cc2)cc1. The lowest BCUT2D eigenvalue weighted by molar-refractivity contribution is 0.0734. The molecule has 0 aliphatic heterocycles. The number of aromatic nitrogens is 2. The lowest BCUT2D eigenvalue weighted by atomic mass is 10.2. The third kappa shape index (κ3) is 3.66. The molecule has 0 amide bonds. The van der Waals surface area contributed by atoms with Gasteiger partial charge in [0.25, 0.3) is 0 Å². The predicted octanol–water partition coefficient (Wildman–Crippen LogP) is 2.34. The van der Waals surface area contributed by atoms with Gasteiger partial charge in [0.15, 0.2) is 0 Å². The maximum absolute atomic E-state index is 12.2. The van der Waals surface area contributed by atoms with Crippen molar-refractivity contribution in [2.45, 2.75) is 4.90 Å². The van der Waals surface area contributed by atoms with Crippen molar-refractivity contribution in [1.29, 1.82) is 0 Å². The molecule has 0 spiro atoms. The molecular formula is C18H17N3O4S. The largest absolute Gasteiger partial charge is 0.423 e. The van der Waals surface area contributed by atoms with Crippen LogP contribution in [0, 0.1) is 0 Å². The van der Waals surface area contributed by atoms with Gasteiger partial charge in [0.05, 0.1) is 16.8 Å². The highest BCUT2D eigenvalue weighted by Crippen LogP contribution is 2.18. The van der Waals surface area contributed by atoms with E-state index in [0.717, 1.165) is 9.99 Å². The summed E-state index contributed by atoms with van der Waals surface area (Å²) in [6, 6.07) is 12.6. The molecule has 2 aromatic carbocycles. The molecule has 0 saturated carbocycles. The molecule has 1 heterocycles. The first-order valence-electron chi connectivity index (χ1n) is 7.71. The van der Waals surface area contributed by atoms with Crippen molar-refractivity contribution in [2.75, 3.05) is 14.1 Å². The summed E-state index contributed by atoms with van der Waals surface area (Å²) in [5, 5.41) is 0. The number of imidazole rings is 1. The molecule has 8 heteroatoms. The second-order valence-electron chi connectivity index (χ2n) is 5.67. The second kappa shape index (κ2) is 7.11. The monoisotopic (exact) mass is 371 g/mol. The lowest BCUT2D eigenvalue weighted by Crippen LogP contribution is -2.22. The first-order chi connectivity index (χ1) is 12.4. The Hall–Kier alpha value is -2.97. The van der Waals surface area contributed by atoms with E-state index in [2.05, 4.69) is 4.98 Å². The molecule has 0 saturated heterocycles. The average molecular weight is 371 g/mol. The summed E-state index contributed by atoms with van der Waals surface area (Å²) in [6.45, 7) is 0. The summed E-state index contributed by atoms with van der Waals surface area (Å²) in [5.74, 6) is -0.168. The van der Waals surface area contributed by atoms with E-state index in [9.17, 15) is 13.2 Å². The van der Waals surface area contributed by atoms with E-state index in [0.29, 0.717) is 5.75 Å². The highest BCUT2D eigenvalue weighted by atomic mass is 32.2. The molecule has 0 bridgehead atoms. The minimum Gasteiger partial charge on any atom is -0.423 e. The number of benzene rings is 2. The summed E-state index contributed by atoms with van der Waals surface area (Å²) in [7, 11) is -0.632. The van der Waals surface area contributed by atoms with Gasteiger partial charge >= 0.3 is 5.97 Å². The number of ether oxygens (including phenoxy) is 1. The standard InChI is InChI=1S/C18H17N3O4S/c1-20(2)26(23,24)17-9-3-14(4-10-17)18(22)25-16-7-5-15(6-8-16)21-12-11-19-13-21/h3-13H,1-2H3. The Bertz CT molecular complexity index is 994. The first kappa shape index (κ1) is 17.8. The van der Waals surface area contributed by atoms with E-state index in [1.54, 1.807) is 36.8 Å². The van der Waals surface area contributed by atoms with Gasteiger partial charge in [0.2, 0.25) is 10.0 Å². The fourth-order valence-corrected chi connectivity index (χ4v) is 3.14. The Morgan fingerprint density at radius 1 is 1.04 bits per heavy atom. The maximum atomic E-state index is 12.2. The molecule has 0 radical (unpaired) electrons. The van der Waals surface area contributed by atoms with E-state index in [1.807, 2.05) is 10.8 Å². The Labute approximate surface area is 151 Å². The van der Waals surface area contributed by atoms with Gasteiger partial charge in [-0.3, -0.25) is 0 Å². The van der Waals surface area contributed by atoms with E-state index in [-0.39, 0.29) is 10.5 Å². The summed E-state index contributed by atoms with van der Waals surface area (Å²) in [5.41, 5.74) is 1.15. The van der Waals surface area contributed by atoms with Gasteiger partial charge < -0.3 is 9.30 Å². The molecule has 3 rings (SSSR count). The van der Waals surface area contributed by atoms with Crippen molar-refractivity contribution in [1.82, 2.24) is 13.9 Å². The van der Waals surface area contributed by atoms with Crippen LogP contribution in [-0.2, 0) is 10.0 Å². The van der Waals surface area contributed by atoms with Crippen LogP contribution in [0.15, 0.2) is 72.1 Å². The van der Waals surface area contributed by atoms with Crippen molar-refractivity contribution >= 4 is 16.0 Å². The predicted molar refractivity (Wildman–Crippen MR) is 95.8 cm³/mol. The van der Waals surface area contributed by atoms with Crippen molar-refractivity contribution in [3.8, 4) is 11.4 Å². The normalized spacial score (nSPS) is 11.5. The van der Waals surface area contributed by atoms with Gasteiger partial charge in [0, 0.05) is 32.2 Å². The first-order valence-corrected chi connectivity index (χ1v) is 9.15. The van der Waals surface area contributed by atoms with Gasteiger partial charge in [-0.25, -0.2) is 22.5 Å². The fraction of sp³-hybridized carbons (Fsp3) is 0.111. The van der Waals surface area contributed by atoms with Crippen LogP contribution in [0.25, 0.3) is 5.69 Å². The zero-order chi connectivity index (χ0) is 18.7. The van der Waals surface area contributed by atoms with Gasteiger partial charge in [-0.15, -0.1) is 0 Å². The van der Waals surface area contributed by atoms with Crippen LogP contribution in [0.4, 0.5) is 0 Å². The number of nitrogens with zero attached hydrogens (tertiary/aromatic N) is 3. The Kier molecular flexibility index (Phi) is 4.88. The van der Waals surface area contributed by atoms with Crippen LogP contribution in [0.2, 0.25) is 0 Å². The number of hydrogen-bond donors (Lipinski definition) is 0. The molecule has 7 nitrogen and oxygen atoms in total. The Morgan fingerprint density at radius 3 is 2.23 bits per heavy atom.